The van der Waals surface area contributed by atoms with Crippen LogP contribution in [0.4, 0.5) is 5.69 Å². The van der Waals surface area contributed by atoms with E-state index in [4.69, 9.17) is 0 Å². The fraction of sp³-hybridized carbons (Fsp3) is 0.412. The highest BCUT2D eigenvalue weighted by Gasteiger charge is 2.62. The van der Waals surface area contributed by atoms with Gasteiger partial charge in [-0.25, -0.2) is 0 Å². The Morgan fingerprint density at radius 2 is 1.82 bits per heavy atom. The predicted molar refractivity (Wildman–Crippen MR) is 85.1 cm³/mol. The minimum atomic E-state index is -0.848. The summed E-state index contributed by atoms with van der Waals surface area (Å²) >= 11 is 3.38. The zero-order chi connectivity index (χ0) is 15.4. The van der Waals surface area contributed by atoms with Crippen molar-refractivity contribution in [2.45, 2.75) is 6.42 Å². The lowest BCUT2D eigenvalue weighted by molar-refractivity contribution is -0.152. The Morgan fingerprint density at radius 3 is 2.45 bits per heavy atom. The summed E-state index contributed by atoms with van der Waals surface area (Å²) in [6, 6.07) is 7.37. The number of hydrogen-bond acceptors (Lipinski definition) is 2. The first-order chi connectivity index (χ1) is 10.6. The zero-order valence-electron chi connectivity index (χ0n) is 11.8. The molecule has 2 fully saturated rings. The van der Waals surface area contributed by atoms with E-state index in [1.807, 2.05) is 30.3 Å². The SMILES string of the molecule is O=C(O)[C@H]1[C@H]2C=C[C@@H]([C@@H]3C[C@H]23)[C@@H]1C(=O)Nc1cccc(Br)c1. The smallest absolute Gasteiger partial charge is 0.307 e. The molecule has 4 aliphatic carbocycles. The van der Waals surface area contributed by atoms with Gasteiger partial charge in [0.25, 0.3) is 0 Å². The maximum atomic E-state index is 12.7. The van der Waals surface area contributed by atoms with Gasteiger partial charge >= 0.3 is 5.97 Å². The quantitative estimate of drug-likeness (QED) is 0.812. The number of carboxylic acids is 1. The molecule has 2 N–H and O–H groups in total. The van der Waals surface area contributed by atoms with Crippen LogP contribution in [0.2, 0.25) is 0 Å². The van der Waals surface area contributed by atoms with Crippen LogP contribution in [0.25, 0.3) is 0 Å². The van der Waals surface area contributed by atoms with E-state index >= 15 is 0 Å². The first-order valence-corrected chi connectivity index (χ1v) is 8.33. The van der Waals surface area contributed by atoms with Crippen molar-refractivity contribution in [1.82, 2.24) is 0 Å². The molecule has 0 spiro atoms. The Kier molecular flexibility index (Phi) is 3.15. The molecule has 4 aliphatic rings. The second-order valence-corrected chi connectivity index (χ2v) is 7.41. The van der Waals surface area contributed by atoms with Gasteiger partial charge in [0.15, 0.2) is 0 Å². The number of nitrogens with one attached hydrogen (secondary N) is 1. The largest absolute Gasteiger partial charge is 0.481 e. The predicted octanol–water partition coefficient (Wildman–Crippen LogP) is 3.16. The molecule has 0 heterocycles. The van der Waals surface area contributed by atoms with Gasteiger partial charge in [0.05, 0.1) is 11.8 Å². The fourth-order valence-electron chi connectivity index (χ4n) is 4.36. The molecule has 0 unspecified atom stereocenters. The van der Waals surface area contributed by atoms with Crippen LogP contribution in [-0.2, 0) is 9.59 Å². The number of fused-ring (bicyclic) bond motifs is 1. The Morgan fingerprint density at radius 1 is 1.14 bits per heavy atom. The molecule has 0 aliphatic heterocycles. The number of halogens is 1. The van der Waals surface area contributed by atoms with Gasteiger partial charge in [-0.3, -0.25) is 9.59 Å². The van der Waals surface area contributed by atoms with Crippen molar-refractivity contribution >= 4 is 33.5 Å². The summed E-state index contributed by atoms with van der Waals surface area (Å²) < 4.78 is 0.882. The number of allylic oxidation sites excluding steroid dienone is 2. The number of carbonyl (C=O) groups is 2. The number of anilines is 1. The van der Waals surface area contributed by atoms with Crippen LogP contribution in [0.5, 0.6) is 0 Å². The Balaban J connectivity index is 1.61. The molecule has 4 nitrogen and oxygen atoms in total. The minimum Gasteiger partial charge on any atom is -0.481 e. The first kappa shape index (κ1) is 14.0. The van der Waals surface area contributed by atoms with Crippen molar-refractivity contribution in [2.75, 3.05) is 5.32 Å². The molecular formula is C17H16BrNO3. The number of rotatable bonds is 3. The van der Waals surface area contributed by atoms with E-state index in [0.717, 1.165) is 10.9 Å². The van der Waals surface area contributed by atoms with Gasteiger partial charge < -0.3 is 10.4 Å². The lowest BCUT2D eigenvalue weighted by atomic mass is 9.62. The van der Waals surface area contributed by atoms with E-state index in [1.54, 1.807) is 0 Å². The third-order valence-electron chi connectivity index (χ3n) is 5.33. The van der Waals surface area contributed by atoms with Gasteiger partial charge in [0.1, 0.15) is 0 Å². The lowest BCUT2D eigenvalue weighted by Crippen LogP contribution is -2.48. The van der Waals surface area contributed by atoms with Gasteiger partial charge in [0, 0.05) is 10.2 Å². The number of hydrogen-bond donors (Lipinski definition) is 2. The summed E-state index contributed by atoms with van der Waals surface area (Å²) in [6.45, 7) is 0. The summed E-state index contributed by atoms with van der Waals surface area (Å²) in [4.78, 5) is 24.4. The van der Waals surface area contributed by atoms with E-state index in [2.05, 4.69) is 27.3 Å². The van der Waals surface area contributed by atoms with Crippen LogP contribution in [0, 0.1) is 35.5 Å². The van der Waals surface area contributed by atoms with Crippen LogP contribution in [0.3, 0.4) is 0 Å². The van der Waals surface area contributed by atoms with Gasteiger partial charge in [-0.05, 0) is 48.3 Å². The molecule has 6 atom stereocenters. The van der Waals surface area contributed by atoms with E-state index in [-0.39, 0.29) is 17.7 Å². The van der Waals surface area contributed by atoms with Gasteiger partial charge in [-0.1, -0.05) is 34.1 Å². The molecule has 1 aromatic rings. The Bertz CT molecular complexity index is 686. The van der Waals surface area contributed by atoms with E-state index < -0.39 is 17.8 Å². The number of aliphatic carboxylic acids is 1. The second kappa shape index (κ2) is 4.95. The average Bonchev–Trinajstić information content (AvgIpc) is 3.28. The summed E-state index contributed by atoms with van der Waals surface area (Å²) in [5, 5.41) is 12.5. The molecule has 5 rings (SSSR count). The maximum absolute atomic E-state index is 12.7. The average molecular weight is 362 g/mol. The number of carbonyl (C=O) groups excluding carboxylic acids is 1. The van der Waals surface area contributed by atoms with Gasteiger partial charge in [0.2, 0.25) is 5.91 Å². The molecule has 2 bridgehead atoms. The number of amides is 1. The van der Waals surface area contributed by atoms with Crippen molar-refractivity contribution in [1.29, 1.82) is 0 Å². The van der Waals surface area contributed by atoms with Crippen LogP contribution in [0.1, 0.15) is 6.42 Å². The third-order valence-corrected chi connectivity index (χ3v) is 5.83. The fourth-order valence-corrected chi connectivity index (χ4v) is 4.76. The first-order valence-electron chi connectivity index (χ1n) is 7.54. The van der Waals surface area contributed by atoms with Crippen LogP contribution < -0.4 is 5.32 Å². The van der Waals surface area contributed by atoms with E-state index in [0.29, 0.717) is 17.5 Å². The molecule has 0 radical (unpaired) electrons. The minimum absolute atomic E-state index is 0.0192. The normalized spacial score (nSPS) is 37.5. The standard InChI is InChI=1S/C17H16BrNO3/c18-8-2-1-3-9(6-8)19-16(20)14-10-4-5-11(13-7-12(10)13)15(14)17(21)22/h1-6,10-15H,7H2,(H,19,20)(H,21,22)/t10-,11-,12-,13+,14-,15-/m0/s1. The van der Waals surface area contributed by atoms with Crippen LogP contribution in [-0.4, -0.2) is 17.0 Å². The molecule has 1 amide bonds. The van der Waals surface area contributed by atoms with Crippen molar-refractivity contribution < 1.29 is 14.7 Å². The third kappa shape index (κ3) is 2.10. The van der Waals surface area contributed by atoms with E-state index in [9.17, 15) is 14.7 Å². The lowest BCUT2D eigenvalue weighted by Gasteiger charge is -2.41. The molecule has 114 valence electrons. The van der Waals surface area contributed by atoms with Crippen LogP contribution in [0.15, 0.2) is 40.9 Å². The van der Waals surface area contributed by atoms with Gasteiger partial charge in [-0.15, -0.1) is 0 Å². The van der Waals surface area contributed by atoms with Crippen molar-refractivity contribution in [2.24, 2.45) is 35.5 Å². The summed E-state index contributed by atoms with van der Waals surface area (Å²) in [5.74, 6) is -1.00. The highest BCUT2D eigenvalue weighted by atomic mass is 79.9. The molecule has 0 aromatic heterocycles. The molecule has 1 aromatic carbocycles. The van der Waals surface area contributed by atoms with Crippen molar-refractivity contribution in [3.63, 3.8) is 0 Å². The molecular weight excluding hydrogens is 346 g/mol. The van der Waals surface area contributed by atoms with Crippen molar-refractivity contribution in [3.05, 3.63) is 40.9 Å². The number of benzene rings is 1. The number of carboxylic acid groups (broad SMARTS) is 1. The Labute approximate surface area is 136 Å². The van der Waals surface area contributed by atoms with Crippen molar-refractivity contribution in [3.8, 4) is 0 Å². The molecule has 2 saturated carbocycles. The van der Waals surface area contributed by atoms with E-state index in [1.165, 1.54) is 0 Å². The Hall–Kier alpha value is -1.62. The topological polar surface area (TPSA) is 66.4 Å². The summed E-state index contributed by atoms with van der Waals surface area (Å²) in [7, 11) is 0. The molecule has 5 heteroatoms. The zero-order valence-corrected chi connectivity index (χ0v) is 13.4. The molecule has 22 heavy (non-hydrogen) atoms. The summed E-state index contributed by atoms with van der Waals surface area (Å²) in [5.41, 5.74) is 0.696. The maximum Gasteiger partial charge on any atom is 0.307 e. The molecule has 0 saturated heterocycles. The second-order valence-electron chi connectivity index (χ2n) is 6.49. The highest BCUT2D eigenvalue weighted by molar-refractivity contribution is 9.10. The summed E-state index contributed by atoms with van der Waals surface area (Å²) in [6.07, 6.45) is 5.16. The van der Waals surface area contributed by atoms with Crippen LogP contribution >= 0.6 is 15.9 Å². The highest BCUT2D eigenvalue weighted by Crippen LogP contribution is 2.63. The van der Waals surface area contributed by atoms with Gasteiger partial charge in [-0.2, -0.15) is 0 Å². The monoisotopic (exact) mass is 361 g/mol.